The highest BCUT2D eigenvalue weighted by Crippen LogP contribution is 2.28. The minimum atomic E-state index is 0.498. The summed E-state index contributed by atoms with van der Waals surface area (Å²) >= 11 is 6.76. The Bertz CT molecular complexity index is 749. The fraction of sp³-hybridized carbons (Fsp3) is 0.500. The van der Waals surface area contributed by atoms with Gasteiger partial charge in [0.1, 0.15) is 10.8 Å². The molecule has 1 aliphatic rings. The van der Waals surface area contributed by atoms with E-state index in [0.717, 1.165) is 42.8 Å². The predicted molar refractivity (Wildman–Crippen MR) is 113 cm³/mol. The van der Waals surface area contributed by atoms with Gasteiger partial charge in [0.2, 0.25) is 5.95 Å². The molecule has 1 fully saturated rings. The van der Waals surface area contributed by atoms with Crippen molar-refractivity contribution in [2.24, 2.45) is 5.92 Å². The van der Waals surface area contributed by atoms with Crippen LogP contribution in [-0.4, -0.2) is 44.7 Å². The Balaban J connectivity index is 1.81. The van der Waals surface area contributed by atoms with Gasteiger partial charge in [-0.25, -0.2) is 15.0 Å². The van der Waals surface area contributed by atoms with Crippen molar-refractivity contribution in [2.75, 3.05) is 29.9 Å². The van der Waals surface area contributed by atoms with Gasteiger partial charge in [-0.2, -0.15) is 4.98 Å². The normalized spacial score (nSPS) is 14.8. The Morgan fingerprint density at radius 2 is 2.00 bits per heavy atom. The lowest BCUT2D eigenvalue weighted by Crippen LogP contribution is -2.34. The van der Waals surface area contributed by atoms with Gasteiger partial charge in [0.05, 0.1) is 0 Å². The van der Waals surface area contributed by atoms with Gasteiger partial charge < -0.3 is 15.5 Å². The van der Waals surface area contributed by atoms with Crippen molar-refractivity contribution >= 4 is 40.9 Å². The summed E-state index contributed by atoms with van der Waals surface area (Å²) in [6, 6.07) is 3.81. The van der Waals surface area contributed by atoms with E-state index >= 15 is 0 Å². The number of rotatable bonds is 6. The van der Waals surface area contributed by atoms with Crippen LogP contribution in [0.25, 0.3) is 0 Å². The van der Waals surface area contributed by atoms with Gasteiger partial charge in [-0.1, -0.05) is 13.8 Å². The maximum Gasteiger partial charge on any atom is 0.232 e. The van der Waals surface area contributed by atoms with Crippen LogP contribution in [0.4, 0.5) is 11.8 Å². The fourth-order valence-corrected chi connectivity index (χ4v) is 3.64. The molecule has 2 aromatic heterocycles. The van der Waals surface area contributed by atoms with Crippen LogP contribution in [0.5, 0.6) is 0 Å². The summed E-state index contributed by atoms with van der Waals surface area (Å²) < 4.78 is 0. The molecule has 0 radical (unpaired) electrons. The zero-order valence-corrected chi connectivity index (χ0v) is 17.3. The van der Waals surface area contributed by atoms with E-state index in [2.05, 4.69) is 44.3 Å². The first-order valence-electron chi connectivity index (χ1n) is 9.27. The van der Waals surface area contributed by atoms with Crippen molar-refractivity contribution in [1.82, 2.24) is 25.3 Å². The highest BCUT2D eigenvalue weighted by atomic mass is 32.2. The molecule has 0 unspecified atom stereocenters. The molecular formula is C18H25N7S2. The van der Waals surface area contributed by atoms with Crippen molar-refractivity contribution in [2.45, 2.75) is 43.3 Å². The number of hydrogen-bond donors (Lipinski definition) is 2. The quantitative estimate of drug-likeness (QED) is 0.429. The van der Waals surface area contributed by atoms with Gasteiger partial charge in [0, 0.05) is 38.1 Å². The molecule has 0 amide bonds. The Morgan fingerprint density at radius 1 is 1.26 bits per heavy atom. The van der Waals surface area contributed by atoms with Crippen LogP contribution in [0.3, 0.4) is 0 Å². The average molecular weight is 404 g/mol. The van der Waals surface area contributed by atoms with E-state index in [1.807, 2.05) is 6.07 Å². The summed E-state index contributed by atoms with van der Waals surface area (Å²) in [5.74, 6) is 2.17. The van der Waals surface area contributed by atoms with E-state index in [0.29, 0.717) is 16.2 Å². The molecule has 3 rings (SSSR count). The molecule has 0 atom stereocenters. The topological polar surface area (TPSA) is 78.9 Å². The van der Waals surface area contributed by atoms with E-state index < -0.39 is 0 Å². The van der Waals surface area contributed by atoms with Crippen LogP contribution in [0, 0.1) is 5.92 Å². The summed E-state index contributed by atoms with van der Waals surface area (Å²) in [7, 11) is 0. The molecule has 144 valence electrons. The molecule has 2 N–H and O–H groups in total. The van der Waals surface area contributed by atoms with E-state index in [-0.39, 0.29) is 0 Å². The lowest BCUT2D eigenvalue weighted by molar-refractivity contribution is 0.436. The first-order chi connectivity index (χ1) is 13.1. The second-order valence-electron chi connectivity index (χ2n) is 6.57. The molecule has 1 saturated heterocycles. The number of nitrogens with zero attached hydrogens (tertiary/aromatic N) is 5. The van der Waals surface area contributed by atoms with Gasteiger partial charge in [-0.3, -0.25) is 0 Å². The molecule has 0 saturated carbocycles. The van der Waals surface area contributed by atoms with Crippen molar-refractivity contribution in [3.05, 3.63) is 24.5 Å². The number of nitrogens with one attached hydrogen (secondary N) is 2. The minimum Gasteiger partial charge on any atom is -0.362 e. The standard InChI is InChI=1S/C18H25N7S2/c1-3-7-19-17(26)24-16-22-14(25-10-5-13(2)6-11-25)12-15(23-16)27-18-20-8-4-9-21-18/h4,8-9,12-13H,3,5-7,10-11H2,1-2H3,(H2,19,22,23,24,26). The number of piperidine rings is 1. The molecule has 0 bridgehead atoms. The lowest BCUT2D eigenvalue weighted by Gasteiger charge is -2.31. The Morgan fingerprint density at radius 3 is 2.70 bits per heavy atom. The number of aromatic nitrogens is 4. The summed E-state index contributed by atoms with van der Waals surface area (Å²) in [6.07, 6.45) is 6.81. The van der Waals surface area contributed by atoms with E-state index in [1.165, 1.54) is 24.6 Å². The van der Waals surface area contributed by atoms with Crippen molar-refractivity contribution < 1.29 is 0 Å². The molecule has 3 heterocycles. The van der Waals surface area contributed by atoms with Crippen LogP contribution in [0.15, 0.2) is 34.7 Å². The fourth-order valence-electron chi connectivity index (χ4n) is 2.74. The second kappa shape index (κ2) is 9.80. The van der Waals surface area contributed by atoms with E-state index in [1.54, 1.807) is 18.5 Å². The molecule has 27 heavy (non-hydrogen) atoms. The first-order valence-corrected chi connectivity index (χ1v) is 10.5. The van der Waals surface area contributed by atoms with Gasteiger partial charge in [-0.15, -0.1) is 0 Å². The average Bonchev–Trinajstić information content (AvgIpc) is 2.67. The maximum atomic E-state index is 5.34. The number of hydrogen-bond acceptors (Lipinski definition) is 7. The van der Waals surface area contributed by atoms with Crippen molar-refractivity contribution in [1.29, 1.82) is 0 Å². The van der Waals surface area contributed by atoms with Crippen molar-refractivity contribution in [3.8, 4) is 0 Å². The molecule has 0 spiro atoms. The maximum absolute atomic E-state index is 5.34. The Hall–Kier alpha value is -2.00. The zero-order chi connectivity index (χ0) is 19.1. The summed E-state index contributed by atoms with van der Waals surface area (Å²) in [4.78, 5) is 20.2. The molecule has 0 aliphatic carbocycles. The molecular weight excluding hydrogens is 378 g/mol. The Kier molecular flexibility index (Phi) is 7.17. The van der Waals surface area contributed by atoms with Crippen LogP contribution >= 0.6 is 24.0 Å². The molecule has 7 nitrogen and oxygen atoms in total. The van der Waals surface area contributed by atoms with E-state index in [4.69, 9.17) is 17.2 Å². The molecule has 2 aromatic rings. The number of thiocarbonyl (C=S) groups is 1. The predicted octanol–water partition coefficient (Wildman–Crippen LogP) is 3.35. The lowest BCUT2D eigenvalue weighted by atomic mass is 9.99. The van der Waals surface area contributed by atoms with Gasteiger partial charge >= 0.3 is 0 Å². The third-order valence-electron chi connectivity index (χ3n) is 4.30. The van der Waals surface area contributed by atoms with Crippen molar-refractivity contribution in [3.63, 3.8) is 0 Å². The van der Waals surface area contributed by atoms with Gasteiger partial charge in [0.25, 0.3) is 0 Å². The van der Waals surface area contributed by atoms with Crippen LogP contribution in [0.2, 0.25) is 0 Å². The minimum absolute atomic E-state index is 0.498. The largest absolute Gasteiger partial charge is 0.362 e. The highest BCUT2D eigenvalue weighted by molar-refractivity contribution is 7.99. The number of anilines is 2. The molecule has 9 heteroatoms. The SMILES string of the molecule is CCCNC(=S)Nc1nc(Sc2ncccn2)cc(N2CCC(C)CC2)n1. The first kappa shape index (κ1) is 19.8. The van der Waals surface area contributed by atoms with Crippen LogP contribution in [0.1, 0.15) is 33.1 Å². The molecule has 1 aliphatic heterocycles. The summed E-state index contributed by atoms with van der Waals surface area (Å²) in [6.45, 7) is 7.22. The summed E-state index contributed by atoms with van der Waals surface area (Å²) in [5.41, 5.74) is 0. The van der Waals surface area contributed by atoms with E-state index in [9.17, 15) is 0 Å². The third kappa shape index (κ3) is 6.00. The van der Waals surface area contributed by atoms with Gasteiger partial charge in [0.15, 0.2) is 10.3 Å². The Labute approximate surface area is 169 Å². The second-order valence-corrected chi connectivity index (χ2v) is 7.97. The molecule has 0 aromatic carbocycles. The van der Waals surface area contributed by atoms with Crippen LogP contribution < -0.4 is 15.5 Å². The van der Waals surface area contributed by atoms with Gasteiger partial charge in [-0.05, 0) is 55.2 Å². The van der Waals surface area contributed by atoms with Crippen LogP contribution in [-0.2, 0) is 0 Å². The smallest absolute Gasteiger partial charge is 0.232 e. The summed E-state index contributed by atoms with van der Waals surface area (Å²) in [5, 5.41) is 8.25. The highest BCUT2D eigenvalue weighted by Gasteiger charge is 2.19. The monoisotopic (exact) mass is 403 g/mol. The third-order valence-corrected chi connectivity index (χ3v) is 5.35. The zero-order valence-electron chi connectivity index (χ0n) is 15.7.